The van der Waals surface area contributed by atoms with Gasteiger partial charge in [0, 0.05) is 67.0 Å². The normalized spacial score (nSPS) is 31.2. The van der Waals surface area contributed by atoms with E-state index in [0.29, 0.717) is 58.2 Å². The molecule has 0 spiro atoms. The molecule has 0 saturated carbocycles. The smallest absolute Gasteiger partial charge is 0.303 e. The number of esters is 1. The zero-order chi connectivity index (χ0) is 44.2. The van der Waals surface area contributed by atoms with E-state index in [9.17, 15) is 19.5 Å². The molecule has 2 fully saturated rings. The zero-order valence-electron chi connectivity index (χ0n) is 36.9. The van der Waals surface area contributed by atoms with Gasteiger partial charge in [-0.3, -0.25) is 14.4 Å². The van der Waals surface area contributed by atoms with Crippen molar-refractivity contribution in [3.63, 3.8) is 0 Å². The second-order valence-corrected chi connectivity index (χ2v) is 17.7. The fourth-order valence-corrected chi connectivity index (χ4v) is 9.63. The van der Waals surface area contributed by atoms with Gasteiger partial charge in [0.1, 0.15) is 40.9 Å². The van der Waals surface area contributed by atoms with E-state index in [-0.39, 0.29) is 58.0 Å². The molecule has 7 bridgehead atoms. The van der Waals surface area contributed by atoms with Crippen molar-refractivity contribution in [2.24, 2.45) is 17.8 Å². The number of anilines is 1. The van der Waals surface area contributed by atoms with Crippen molar-refractivity contribution in [2.75, 3.05) is 32.6 Å². The number of carbonyl (C=O) groups excluding carboxylic acids is 2. The lowest BCUT2D eigenvalue weighted by Gasteiger charge is -2.32. The third-order valence-corrected chi connectivity index (χ3v) is 13.1. The predicted octanol–water partition coefficient (Wildman–Crippen LogP) is 7.63. The van der Waals surface area contributed by atoms with E-state index in [1.165, 1.54) is 13.2 Å². The third kappa shape index (κ3) is 8.04. The second kappa shape index (κ2) is 17.0. The Kier molecular flexibility index (Phi) is 11.9. The van der Waals surface area contributed by atoms with Gasteiger partial charge in [-0.2, -0.15) is 0 Å². The van der Waals surface area contributed by atoms with Gasteiger partial charge in [0.2, 0.25) is 0 Å². The Labute approximate surface area is 360 Å². The largest absolute Gasteiger partial charge is 0.505 e. The van der Waals surface area contributed by atoms with Crippen LogP contribution < -0.4 is 20.2 Å². The third-order valence-electron chi connectivity index (χ3n) is 13.1. The highest BCUT2D eigenvalue weighted by Gasteiger charge is 2.44. The molecule has 5 aliphatic heterocycles. The molecular formula is C48H57N3O11. The number of aromatic hydroxyl groups is 1. The summed E-state index contributed by atoms with van der Waals surface area (Å²) in [5.41, 5.74) is 1.73. The van der Waals surface area contributed by atoms with E-state index in [2.05, 4.69) is 24.2 Å². The van der Waals surface area contributed by atoms with Crippen LogP contribution in [0.15, 0.2) is 63.6 Å². The maximum atomic E-state index is 14.4. The van der Waals surface area contributed by atoms with Gasteiger partial charge < -0.3 is 48.2 Å². The number of hydrogen-bond acceptors (Lipinski definition) is 13. The Balaban J connectivity index is 1.27. The molecule has 62 heavy (non-hydrogen) atoms. The first kappa shape index (κ1) is 43.2. The van der Waals surface area contributed by atoms with Gasteiger partial charge in [0.15, 0.2) is 22.3 Å². The number of phenolic OH excluding ortho intramolecular Hbond substituents is 1. The van der Waals surface area contributed by atoms with Crippen molar-refractivity contribution in [1.29, 1.82) is 0 Å². The fraction of sp³-hybridized carbons (Fsp3) is 0.500. The van der Waals surface area contributed by atoms with Crippen LogP contribution in [0, 0.1) is 24.7 Å². The Bertz CT molecular complexity index is 2580. The Morgan fingerprint density at radius 2 is 1.92 bits per heavy atom. The average molecular weight is 852 g/mol. The van der Waals surface area contributed by atoms with E-state index in [0.717, 1.165) is 19.4 Å². The average Bonchev–Trinajstić information content (AvgIpc) is 3.95. The summed E-state index contributed by atoms with van der Waals surface area (Å²) in [6, 6.07) is 5.66. The second-order valence-electron chi connectivity index (χ2n) is 17.7. The Morgan fingerprint density at radius 3 is 2.65 bits per heavy atom. The monoisotopic (exact) mass is 851 g/mol. The van der Waals surface area contributed by atoms with Crippen LogP contribution in [0.3, 0.4) is 0 Å². The summed E-state index contributed by atoms with van der Waals surface area (Å²) in [4.78, 5) is 48.1. The van der Waals surface area contributed by atoms with Crippen LogP contribution in [0.25, 0.3) is 33.0 Å². The number of hydrogen-bond donors (Lipinski definition) is 2. The molecule has 2 saturated heterocycles. The highest BCUT2D eigenvalue weighted by molar-refractivity contribution is 6.19. The molecule has 1 unspecified atom stereocenters. The number of carbonyl (C=O) groups is 2. The number of nitrogens with one attached hydrogen (secondary N) is 1. The molecule has 3 aromatic carbocycles. The molecule has 14 heteroatoms. The van der Waals surface area contributed by atoms with Gasteiger partial charge in [-0.05, 0) is 70.8 Å². The first-order valence-corrected chi connectivity index (χ1v) is 21.5. The van der Waals surface area contributed by atoms with E-state index in [1.54, 1.807) is 58.2 Å². The Morgan fingerprint density at radius 1 is 1.13 bits per heavy atom. The number of aromatic nitrogens is 1. The molecule has 0 aliphatic carbocycles. The first-order valence-electron chi connectivity index (χ1n) is 21.5. The summed E-state index contributed by atoms with van der Waals surface area (Å²) in [7, 11) is 3.67. The molecule has 1 aromatic heterocycles. The summed E-state index contributed by atoms with van der Waals surface area (Å²) >= 11 is 0. The number of likely N-dealkylation sites (tertiary alicyclic amines) is 1. The first-order chi connectivity index (χ1) is 29.6. The van der Waals surface area contributed by atoms with E-state index in [4.69, 9.17) is 37.8 Å². The molecule has 9 rings (SSSR count). The summed E-state index contributed by atoms with van der Waals surface area (Å²) in [6.45, 7) is 14.1. The molecular weight excluding hydrogens is 795 g/mol. The van der Waals surface area contributed by atoms with E-state index >= 15 is 0 Å². The van der Waals surface area contributed by atoms with Crippen LogP contribution in [-0.2, 0) is 35.0 Å². The minimum atomic E-state index is -1.30. The minimum Gasteiger partial charge on any atom is -0.505 e. The van der Waals surface area contributed by atoms with Crippen LogP contribution in [0.1, 0.15) is 71.9 Å². The van der Waals surface area contributed by atoms with Crippen molar-refractivity contribution in [3.8, 4) is 17.2 Å². The number of rotatable bonds is 5. The number of nitrogens with zero attached hydrogens (tertiary/aromatic N) is 2. The summed E-state index contributed by atoms with van der Waals surface area (Å²) < 4.78 is 44.2. The van der Waals surface area contributed by atoms with Gasteiger partial charge >= 0.3 is 5.97 Å². The molecule has 6 heterocycles. The number of amides is 1. The molecule has 2 N–H and O–H groups in total. The number of phenols is 1. The van der Waals surface area contributed by atoms with Crippen molar-refractivity contribution in [3.05, 3.63) is 75.7 Å². The Hall–Kier alpha value is -5.44. The number of methoxy groups -OCH3 is 1. The predicted molar refractivity (Wildman–Crippen MR) is 234 cm³/mol. The highest BCUT2D eigenvalue weighted by Crippen LogP contribution is 2.48. The lowest BCUT2D eigenvalue weighted by atomic mass is 9.88. The number of ether oxygens (including phenoxy) is 6. The molecule has 9 atom stereocenters. The van der Waals surface area contributed by atoms with Gasteiger partial charge in [-0.25, -0.2) is 4.98 Å². The summed E-state index contributed by atoms with van der Waals surface area (Å²) in [5, 5.41) is 15.3. The maximum absolute atomic E-state index is 14.4. The number of likely N-dealkylation sites (N-methyl/N-ethyl adjacent to an activating group) is 1. The van der Waals surface area contributed by atoms with Crippen molar-refractivity contribution >= 4 is 50.5 Å². The fourth-order valence-electron chi connectivity index (χ4n) is 9.63. The molecule has 1 amide bonds. The van der Waals surface area contributed by atoms with Crippen LogP contribution in [0.4, 0.5) is 5.69 Å². The van der Waals surface area contributed by atoms with Crippen LogP contribution in [0.5, 0.6) is 17.2 Å². The molecule has 330 valence electrons. The number of fused-ring (bicyclic) bond motifs is 9. The van der Waals surface area contributed by atoms with Crippen molar-refractivity contribution < 1.29 is 47.5 Å². The number of allylic oxidation sites excluding steroid dienone is 2. The van der Waals surface area contributed by atoms with E-state index in [1.807, 2.05) is 26.0 Å². The lowest BCUT2D eigenvalue weighted by Crippen LogP contribution is -2.42. The highest BCUT2D eigenvalue weighted by atomic mass is 16.7. The van der Waals surface area contributed by atoms with E-state index < -0.39 is 47.2 Å². The molecule has 5 aliphatic rings. The summed E-state index contributed by atoms with van der Waals surface area (Å²) in [6.07, 6.45) is 9.94. The zero-order valence-corrected chi connectivity index (χ0v) is 36.9. The van der Waals surface area contributed by atoms with Crippen LogP contribution >= 0.6 is 0 Å². The van der Waals surface area contributed by atoms with Crippen molar-refractivity contribution in [1.82, 2.24) is 9.88 Å². The molecule has 0 radical (unpaired) electrons. The van der Waals surface area contributed by atoms with Gasteiger partial charge in [0.25, 0.3) is 11.7 Å². The van der Waals surface area contributed by atoms with Gasteiger partial charge in [0.05, 0.1) is 36.4 Å². The number of benzene rings is 3. The van der Waals surface area contributed by atoms with Gasteiger partial charge in [-0.15, -0.1) is 0 Å². The topological polar surface area (TPSA) is 168 Å². The minimum absolute atomic E-state index is 0.0298. The standard InChI is InChI=1S/C48H57N3O11/c1-24-12-10-13-25(2)47(55)50-40-42(54)38-37(39-46(40)60-35-21-31(15-16-33(35)49-39)57-23-30-14-11-18-51(30)8)32-22-48(7,62-44(32)28(5)41(38)53)58-19-17-34(56-9)27(4)45(59-29(6)52)36-20-26(3)43(24)61-36/h10,12-13,15-17,19,21,24,26-27,30,34,36,43,45,54H,11,14,18,20,22-23H2,1-9H3,(H,50,55)/b12-10+,19-17+,25-13-/t24-,26-,27+,30?,34-,36+,43-,45+,48-/m0/s1. The van der Waals surface area contributed by atoms with Crippen LogP contribution in [0.2, 0.25) is 0 Å². The SMILES string of the molecule is CO[C@H]1/C=C/O[C@]2(C)Cc3c(c(C)c(=O)c4c(O)c(c5oc6cc(OCC7CCCN7C)ccc6nc5c34)NC(=O)/C(C)=C\C=C\[C@H](C)[C@@H]3O[C@H](C[C@@H]3C)[C@H](OC(C)=O)[C@@H]1C)O2. The quantitative estimate of drug-likeness (QED) is 0.0872. The molecule has 4 aromatic rings. The van der Waals surface area contributed by atoms with Crippen LogP contribution in [-0.4, -0.2) is 90.4 Å². The van der Waals surface area contributed by atoms with Crippen molar-refractivity contribution in [2.45, 2.75) is 110 Å². The lowest BCUT2D eigenvalue weighted by molar-refractivity contribution is -0.163. The maximum Gasteiger partial charge on any atom is 0.303 e. The van der Waals surface area contributed by atoms with Gasteiger partial charge in [-0.1, -0.05) is 39.0 Å². The molecule has 14 nitrogen and oxygen atoms in total. The summed E-state index contributed by atoms with van der Waals surface area (Å²) in [5.74, 6) is -2.09.